The van der Waals surface area contributed by atoms with E-state index in [9.17, 15) is 27.2 Å². The fourth-order valence-electron chi connectivity index (χ4n) is 3.06. The first kappa shape index (κ1) is 72.7. The molecule has 3 rings (SSSR count). The summed E-state index contributed by atoms with van der Waals surface area (Å²) >= 11 is 11.7. The van der Waals surface area contributed by atoms with Gasteiger partial charge in [0, 0.05) is 33.0 Å². The van der Waals surface area contributed by atoms with Gasteiger partial charge in [-0.25, -0.2) is 26.6 Å². The van der Waals surface area contributed by atoms with Crippen LogP contribution < -0.4 is 0 Å². The summed E-state index contributed by atoms with van der Waals surface area (Å²) in [6.45, 7) is 1.36. The molecule has 17 atom stereocenters. The summed E-state index contributed by atoms with van der Waals surface area (Å²) in [5.74, 6) is -3.76. The number of fused-ring (bicyclic) bond motifs is 1. The molecule has 40 heteroatoms. The lowest BCUT2D eigenvalue weighted by molar-refractivity contribution is -0.131. The maximum atomic E-state index is 13.3. The van der Waals surface area contributed by atoms with Gasteiger partial charge < -0.3 is 5.11 Å². The normalized spacial score (nSPS) is 12.4. The molecule has 0 aliphatic carbocycles. The van der Waals surface area contributed by atoms with Crippen LogP contribution in [0.4, 0.5) is 17.6 Å². The van der Waals surface area contributed by atoms with Crippen LogP contribution in [0.3, 0.4) is 0 Å². The molecule has 0 radical (unpaired) electrons. The van der Waals surface area contributed by atoms with Gasteiger partial charge in [0.1, 0.15) is 28.1 Å². The number of hydrogen-bond acceptors (Lipinski definition) is 4. The monoisotopic (exact) mass is 1420 g/mol. The van der Waals surface area contributed by atoms with Crippen LogP contribution >= 0.6 is 267 Å². The van der Waals surface area contributed by atoms with Crippen molar-refractivity contribution in [2.75, 3.05) is 0 Å². The van der Waals surface area contributed by atoms with Gasteiger partial charge in [-0.1, -0.05) is 19.0 Å². The van der Waals surface area contributed by atoms with E-state index in [1.165, 1.54) is 0 Å². The maximum absolute atomic E-state index is 13.3. The smallest absolute Gasteiger partial charge is 0.328 e. The lowest BCUT2D eigenvalue weighted by atomic mass is 10.2. The minimum atomic E-state index is -1.67. The highest BCUT2D eigenvalue weighted by Crippen LogP contribution is 3.24. The Labute approximate surface area is 417 Å². The summed E-state index contributed by atoms with van der Waals surface area (Å²) < 4.78 is 61.0. The number of carboxylic acids is 1. The van der Waals surface area contributed by atoms with Crippen LogP contribution in [0.15, 0.2) is 36.4 Å². The zero-order chi connectivity index (χ0) is 45.9. The van der Waals surface area contributed by atoms with Gasteiger partial charge in [-0.05, 0) is 125 Å². The zero-order valence-electron chi connectivity index (χ0n) is 28.6. The van der Waals surface area contributed by atoms with Crippen LogP contribution in [0.1, 0.15) is 22.7 Å². The topological polar surface area (TPSA) is 71.4 Å². The second-order valence-electron chi connectivity index (χ2n) is 9.06. The highest BCUT2D eigenvalue weighted by molar-refractivity contribution is 9.30. The average molecular weight is 1420 g/mol. The average Bonchev–Trinajstić information content (AvgIpc) is 3.43. The Hall–Kier alpha value is 9.49. The molecule has 0 saturated carbocycles. The maximum Gasteiger partial charge on any atom is 0.328 e. The summed E-state index contributed by atoms with van der Waals surface area (Å²) in [4.78, 5) is 20.9. The Bertz CT molecular complexity index is 1760. The molecule has 0 amide bonds. The molecule has 3 aromatic rings. The summed E-state index contributed by atoms with van der Waals surface area (Å²) in [5.41, 5.74) is -0.0811. The largest absolute Gasteiger partial charge is 0.478 e. The zero-order valence-corrected chi connectivity index (χ0v) is 60.4. The van der Waals surface area contributed by atoms with Gasteiger partial charge in [-0.3, -0.25) is 4.79 Å². The van der Waals surface area contributed by atoms with Crippen molar-refractivity contribution in [3.63, 3.8) is 0 Å². The van der Waals surface area contributed by atoms with Crippen molar-refractivity contribution in [2.45, 2.75) is 7.43 Å². The molecular weight excluding hydrogens is 1380 g/mol. The number of carbonyl (C=O) groups is 2. The number of rotatable bonds is 12. The predicted molar refractivity (Wildman–Crippen MR) is 348 cm³/mol. The number of aliphatic carboxylic acids is 1. The molecule has 1 heterocycles. The standard InChI is InChI=1S/C9H2Cl2F2OS.C9H6F2O2.CH4.Cl2OS.H18P16.H12P10/c10-6-5-3(12)1-2-4(13)7(5)15-8(6)9(11)14;10-7-2-3-8(11)6(5-7)1-4-9(12)13;;1-4(2)3;1-10(2)14(9)16(13(7)8)15(11(3)4)12(5)6;1-7(2)10(8(3)4)9(5)6/h1-2H;1-5H,(H,12,13);1H4;;1-9H2;1-6H2/b;4-1+;;;;. The van der Waals surface area contributed by atoms with Crippen LogP contribution in [0, 0.1) is 23.3 Å². The van der Waals surface area contributed by atoms with E-state index >= 15 is 0 Å². The Kier molecular flexibility index (Phi) is 49.2. The molecule has 0 bridgehead atoms. The third kappa shape index (κ3) is 31.1. The number of carbonyl (C=O) groups excluding carboxylic acids is 1. The summed E-state index contributed by atoms with van der Waals surface area (Å²) in [7, 11) is 52.8. The minimum Gasteiger partial charge on any atom is -0.478 e. The van der Waals surface area contributed by atoms with Gasteiger partial charge >= 0.3 is 5.97 Å². The molecular formula is C19H42Cl4F4O4P26S2. The van der Waals surface area contributed by atoms with E-state index in [4.69, 9.17) is 32.5 Å². The van der Waals surface area contributed by atoms with Gasteiger partial charge in [0.15, 0.2) is 0 Å². The van der Waals surface area contributed by atoms with Crippen LogP contribution in [0.2, 0.25) is 5.02 Å². The fraction of sp³-hybridized carbons (Fsp3) is 0.0526. The lowest BCUT2D eigenvalue weighted by Crippen LogP contribution is -1.88. The molecule has 0 aliphatic rings. The quantitative estimate of drug-likeness (QED) is 0.0849. The van der Waals surface area contributed by atoms with Crippen molar-refractivity contribution >= 4 is 303 Å². The first-order chi connectivity index (χ1) is 26.5. The summed E-state index contributed by atoms with van der Waals surface area (Å²) in [6, 6.07) is 4.77. The van der Waals surface area contributed by atoms with Gasteiger partial charge in [0.05, 0.1) is 15.1 Å². The number of benzene rings is 2. The SMILES string of the molecule is C.O=C(Cl)c1sc2c(F)ccc(F)c2c1Cl.O=C(O)/C=C/c1cc(F)ccc1F.O=S(Cl)Cl.PP(P)P(P(P)P)P(P)P.PP(P)P(P)P(P(P)P)P(P(P)P)P(P)P. The van der Waals surface area contributed by atoms with E-state index in [1.54, 1.807) is 0 Å². The second-order valence-corrected chi connectivity index (χ2v) is 112. The molecule has 17 unspecified atom stereocenters. The molecule has 340 valence electrons. The Morgan fingerprint density at radius 2 is 1.05 bits per heavy atom. The molecule has 1 aromatic heterocycles. The van der Waals surface area contributed by atoms with Gasteiger partial charge in [0.2, 0.25) is 9.23 Å². The van der Waals surface area contributed by atoms with E-state index in [0.717, 1.165) is 53.8 Å². The number of hydrogen-bond donors (Lipinski definition) is 1. The lowest BCUT2D eigenvalue weighted by Gasteiger charge is -2.40. The van der Waals surface area contributed by atoms with Crippen LogP contribution in [-0.4, -0.2) is 20.5 Å². The minimum absolute atomic E-state index is 0. The molecule has 2 aromatic carbocycles. The highest BCUT2D eigenvalue weighted by Gasteiger charge is 2.35. The molecule has 59 heavy (non-hydrogen) atoms. The van der Waals surface area contributed by atoms with Crippen molar-refractivity contribution in [2.24, 2.45) is 0 Å². The summed E-state index contributed by atoms with van der Waals surface area (Å²) in [5, 5.41) is 7.19. The van der Waals surface area contributed by atoms with E-state index in [2.05, 4.69) is 155 Å². The third-order valence-electron chi connectivity index (χ3n) is 5.04. The molecule has 0 spiro atoms. The van der Waals surface area contributed by atoms with Crippen molar-refractivity contribution in [3.8, 4) is 0 Å². The first-order valence-corrected chi connectivity index (χ1v) is 63.1. The second kappa shape index (κ2) is 39.9. The summed E-state index contributed by atoms with van der Waals surface area (Å²) in [6.07, 6.45) is 1.75. The Morgan fingerprint density at radius 3 is 1.37 bits per heavy atom. The van der Waals surface area contributed by atoms with E-state index in [-0.39, 0.29) is 110 Å². The van der Waals surface area contributed by atoms with E-state index < -0.39 is 43.7 Å². The third-order valence-corrected chi connectivity index (χ3v) is 153. The molecule has 1 N–H and O–H groups in total. The van der Waals surface area contributed by atoms with E-state index in [1.807, 2.05) is 0 Å². The molecule has 0 saturated heterocycles. The number of carboxylic acid groups (broad SMARTS) is 1. The van der Waals surface area contributed by atoms with Crippen LogP contribution in [0.25, 0.3) is 16.2 Å². The van der Waals surface area contributed by atoms with Gasteiger partial charge in [-0.15, -0.1) is 145 Å². The van der Waals surface area contributed by atoms with Crippen molar-refractivity contribution in [3.05, 3.63) is 75.1 Å². The Morgan fingerprint density at radius 1 is 0.661 bits per heavy atom. The van der Waals surface area contributed by atoms with Gasteiger partial charge in [0.25, 0.3) is 5.24 Å². The van der Waals surface area contributed by atoms with Crippen LogP contribution in [0.5, 0.6) is 0 Å². The number of halogens is 8. The molecule has 0 aliphatic heterocycles. The van der Waals surface area contributed by atoms with Crippen molar-refractivity contribution < 1.29 is 36.5 Å². The van der Waals surface area contributed by atoms with E-state index in [0.29, 0.717) is 0 Å². The number of thiophene rings is 1. The first-order valence-electron chi connectivity index (χ1n) is 13.4. The van der Waals surface area contributed by atoms with Crippen LogP contribution in [-0.2, 0) is 14.0 Å². The molecule has 0 fully saturated rings. The molecule has 4 nitrogen and oxygen atoms in total. The predicted octanol–water partition coefficient (Wildman–Crippen LogP) is 22.3. The Balaban J connectivity index is -0.000000691. The fourth-order valence-corrected chi connectivity index (χ4v) is 255. The highest BCUT2D eigenvalue weighted by atomic mass is 36.0. The van der Waals surface area contributed by atoms with Crippen molar-refractivity contribution in [1.82, 2.24) is 0 Å². The van der Waals surface area contributed by atoms with Crippen molar-refractivity contribution in [1.29, 1.82) is 0 Å². The van der Waals surface area contributed by atoms with Gasteiger partial charge in [-0.2, -0.15) is 0 Å².